The third kappa shape index (κ3) is 2.32. The lowest BCUT2D eigenvalue weighted by molar-refractivity contribution is 0.487. The van der Waals surface area contributed by atoms with Gasteiger partial charge < -0.3 is 10.2 Å². The van der Waals surface area contributed by atoms with Gasteiger partial charge in [0.15, 0.2) is 0 Å². The summed E-state index contributed by atoms with van der Waals surface area (Å²) in [6.45, 7) is 1.99. The van der Waals surface area contributed by atoms with E-state index >= 15 is 0 Å². The quantitative estimate of drug-likeness (QED) is 0.908. The number of hydrogen-bond acceptors (Lipinski definition) is 2. The number of hydrogen-bond donors (Lipinski definition) is 1. The van der Waals surface area contributed by atoms with Crippen molar-refractivity contribution in [2.45, 2.75) is 13.0 Å². The molecule has 1 aromatic heterocycles. The molecule has 0 amide bonds. The third-order valence-corrected chi connectivity index (χ3v) is 3.22. The molecule has 1 heterocycles. The Hall–Kier alpha value is -0.770. The Balaban J connectivity index is 2.41. The Morgan fingerprint density at radius 2 is 2.12 bits per heavy atom. The van der Waals surface area contributed by atoms with Crippen molar-refractivity contribution in [3.05, 3.63) is 56.9 Å². The molecule has 1 atom stereocenters. The van der Waals surface area contributed by atoms with Gasteiger partial charge in [0, 0.05) is 5.02 Å². The maximum atomic E-state index is 6.12. The Kier molecular flexibility index (Phi) is 3.38. The molecule has 0 aliphatic rings. The lowest BCUT2D eigenvalue weighted by Crippen LogP contribution is -2.11. The van der Waals surface area contributed by atoms with Crippen LogP contribution in [0.4, 0.5) is 0 Å². The zero-order valence-corrected chi connectivity index (χ0v) is 11.0. The second kappa shape index (κ2) is 4.62. The van der Waals surface area contributed by atoms with E-state index in [1.165, 1.54) is 0 Å². The summed E-state index contributed by atoms with van der Waals surface area (Å²) < 4.78 is 6.22. The molecule has 2 rings (SSSR count). The van der Waals surface area contributed by atoms with E-state index in [0.29, 0.717) is 10.8 Å². The first-order valence-corrected chi connectivity index (χ1v) is 6.00. The predicted octanol–water partition coefficient (Wildman–Crippen LogP) is 4.05. The molecule has 0 aliphatic carbocycles. The fourth-order valence-corrected chi connectivity index (χ4v) is 2.37. The summed E-state index contributed by atoms with van der Waals surface area (Å²) in [6.07, 6.45) is 1.61. The largest absolute Gasteiger partial charge is 0.466 e. The lowest BCUT2D eigenvalue weighted by atomic mass is 10.0. The Morgan fingerprint density at radius 1 is 1.38 bits per heavy atom. The minimum Gasteiger partial charge on any atom is -0.466 e. The van der Waals surface area contributed by atoms with Crippen molar-refractivity contribution in [3.8, 4) is 0 Å². The van der Waals surface area contributed by atoms with Crippen LogP contribution in [0.5, 0.6) is 0 Å². The summed E-state index contributed by atoms with van der Waals surface area (Å²) in [5.41, 5.74) is 8.15. The van der Waals surface area contributed by atoms with Crippen LogP contribution in [-0.4, -0.2) is 0 Å². The molecule has 84 valence electrons. The first kappa shape index (κ1) is 11.7. The van der Waals surface area contributed by atoms with Gasteiger partial charge in [-0.15, -0.1) is 0 Å². The first-order chi connectivity index (χ1) is 7.58. The molecule has 16 heavy (non-hydrogen) atoms. The van der Waals surface area contributed by atoms with E-state index in [4.69, 9.17) is 21.8 Å². The molecule has 0 saturated carbocycles. The van der Waals surface area contributed by atoms with Crippen molar-refractivity contribution in [2.24, 2.45) is 5.73 Å². The van der Waals surface area contributed by atoms with Crippen LogP contribution in [0.15, 0.2) is 39.4 Å². The normalized spacial score (nSPS) is 12.8. The van der Waals surface area contributed by atoms with Crippen LogP contribution in [0.3, 0.4) is 0 Å². The smallest absolute Gasteiger partial charge is 0.139 e. The molecular formula is C12H11BrClNO. The van der Waals surface area contributed by atoms with Gasteiger partial charge in [0.1, 0.15) is 5.76 Å². The fraction of sp³-hybridized carbons (Fsp3) is 0.167. The second-order valence-electron chi connectivity index (χ2n) is 3.67. The summed E-state index contributed by atoms with van der Waals surface area (Å²) in [5.74, 6) is 0.710. The standard InChI is InChI=1S/C12H11BrClNO/c1-7-4-8(6-9(14)5-7)11(15)12-10(13)2-3-16-12/h2-6,11H,15H2,1H3. The van der Waals surface area contributed by atoms with Crippen molar-refractivity contribution in [1.82, 2.24) is 0 Å². The lowest BCUT2D eigenvalue weighted by Gasteiger charge is -2.11. The molecule has 0 fully saturated rings. The molecule has 2 aromatic rings. The first-order valence-electron chi connectivity index (χ1n) is 4.83. The summed E-state index contributed by atoms with van der Waals surface area (Å²) in [4.78, 5) is 0. The van der Waals surface area contributed by atoms with Crippen molar-refractivity contribution < 1.29 is 4.42 Å². The maximum Gasteiger partial charge on any atom is 0.139 e. The molecule has 0 radical (unpaired) electrons. The molecule has 4 heteroatoms. The van der Waals surface area contributed by atoms with E-state index in [2.05, 4.69) is 15.9 Å². The van der Waals surface area contributed by atoms with Crippen LogP contribution in [0.2, 0.25) is 5.02 Å². The molecule has 1 unspecified atom stereocenters. The maximum absolute atomic E-state index is 6.12. The van der Waals surface area contributed by atoms with Gasteiger partial charge in [0.05, 0.1) is 16.8 Å². The van der Waals surface area contributed by atoms with Gasteiger partial charge in [0.25, 0.3) is 0 Å². The van der Waals surface area contributed by atoms with E-state index in [9.17, 15) is 0 Å². The van der Waals surface area contributed by atoms with Gasteiger partial charge in [-0.2, -0.15) is 0 Å². The SMILES string of the molecule is Cc1cc(Cl)cc(C(N)c2occc2Br)c1. The second-order valence-corrected chi connectivity index (χ2v) is 4.96. The van der Waals surface area contributed by atoms with Crippen LogP contribution in [-0.2, 0) is 0 Å². The van der Waals surface area contributed by atoms with Gasteiger partial charge in [-0.25, -0.2) is 0 Å². The summed E-state index contributed by atoms with van der Waals surface area (Å²) >= 11 is 9.39. The highest BCUT2D eigenvalue weighted by molar-refractivity contribution is 9.10. The van der Waals surface area contributed by atoms with E-state index in [-0.39, 0.29) is 6.04 Å². The van der Waals surface area contributed by atoms with Gasteiger partial charge >= 0.3 is 0 Å². The van der Waals surface area contributed by atoms with E-state index < -0.39 is 0 Å². The Bertz CT molecular complexity index is 489. The monoisotopic (exact) mass is 299 g/mol. The van der Waals surface area contributed by atoms with Crippen molar-refractivity contribution in [1.29, 1.82) is 0 Å². The van der Waals surface area contributed by atoms with Crippen molar-refractivity contribution in [3.63, 3.8) is 0 Å². The minimum absolute atomic E-state index is 0.304. The molecule has 1 aromatic carbocycles. The van der Waals surface area contributed by atoms with Crippen LogP contribution in [0, 0.1) is 6.92 Å². The van der Waals surface area contributed by atoms with Gasteiger partial charge in [-0.3, -0.25) is 0 Å². The van der Waals surface area contributed by atoms with Crippen LogP contribution >= 0.6 is 27.5 Å². The van der Waals surface area contributed by atoms with Crippen LogP contribution in [0.1, 0.15) is 22.9 Å². The highest BCUT2D eigenvalue weighted by Gasteiger charge is 2.16. The fourth-order valence-electron chi connectivity index (χ4n) is 1.62. The zero-order chi connectivity index (χ0) is 11.7. The Morgan fingerprint density at radius 3 is 2.69 bits per heavy atom. The molecule has 0 aliphatic heterocycles. The average Bonchev–Trinajstić information content (AvgIpc) is 2.62. The number of aryl methyl sites for hydroxylation is 1. The number of nitrogens with two attached hydrogens (primary N) is 1. The molecule has 2 N–H and O–H groups in total. The predicted molar refractivity (Wildman–Crippen MR) is 68.6 cm³/mol. The van der Waals surface area contributed by atoms with Crippen molar-refractivity contribution >= 4 is 27.5 Å². The number of rotatable bonds is 2. The highest BCUT2D eigenvalue weighted by Crippen LogP contribution is 2.29. The highest BCUT2D eigenvalue weighted by atomic mass is 79.9. The Labute approximate surface area is 108 Å². The van der Waals surface area contributed by atoms with E-state index in [1.54, 1.807) is 6.26 Å². The number of furan rings is 1. The van der Waals surface area contributed by atoms with Gasteiger partial charge in [-0.1, -0.05) is 17.7 Å². The van der Waals surface area contributed by atoms with Gasteiger partial charge in [-0.05, 0) is 52.2 Å². The summed E-state index contributed by atoms with van der Waals surface area (Å²) in [7, 11) is 0. The molecule has 0 saturated heterocycles. The summed E-state index contributed by atoms with van der Waals surface area (Å²) in [5, 5.41) is 0.688. The minimum atomic E-state index is -0.304. The third-order valence-electron chi connectivity index (χ3n) is 2.35. The zero-order valence-electron chi connectivity index (χ0n) is 8.71. The number of halogens is 2. The van der Waals surface area contributed by atoms with E-state index in [0.717, 1.165) is 15.6 Å². The molecule has 2 nitrogen and oxygen atoms in total. The van der Waals surface area contributed by atoms with Crippen molar-refractivity contribution in [2.75, 3.05) is 0 Å². The number of benzene rings is 1. The van der Waals surface area contributed by atoms with Crippen LogP contribution < -0.4 is 5.73 Å². The molecule has 0 spiro atoms. The van der Waals surface area contributed by atoms with Gasteiger partial charge in [0.2, 0.25) is 0 Å². The van der Waals surface area contributed by atoms with Crippen LogP contribution in [0.25, 0.3) is 0 Å². The van der Waals surface area contributed by atoms with E-state index in [1.807, 2.05) is 31.2 Å². The molecular weight excluding hydrogens is 289 g/mol. The molecule has 0 bridgehead atoms. The average molecular weight is 301 g/mol. The summed E-state index contributed by atoms with van der Waals surface area (Å²) in [6, 6.07) is 7.28. The topological polar surface area (TPSA) is 39.2 Å².